The molecule has 2 aromatic heterocycles. The molecule has 0 spiro atoms. The van der Waals surface area contributed by atoms with Crippen molar-refractivity contribution in [2.24, 2.45) is 0 Å². The Labute approximate surface area is 232 Å². The second-order valence-electron chi connectivity index (χ2n) is 10.2. The van der Waals surface area contributed by atoms with Crippen molar-refractivity contribution in [3.05, 3.63) is 52.7 Å². The van der Waals surface area contributed by atoms with Gasteiger partial charge in [-0.1, -0.05) is 36.8 Å². The normalized spacial score (nSPS) is 15.9. The second kappa shape index (κ2) is 12.9. The molecule has 3 aromatic rings. The van der Waals surface area contributed by atoms with Crippen LogP contribution in [-0.2, 0) is 26.9 Å². The number of furan rings is 1. The van der Waals surface area contributed by atoms with E-state index in [0.29, 0.717) is 60.3 Å². The number of hydrogen-bond donors (Lipinski definition) is 1. The van der Waals surface area contributed by atoms with Crippen molar-refractivity contribution in [3.8, 4) is 11.3 Å². The third kappa shape index (κ3) is 7.44. The molecule has 2 unspecified atom stereocenters. The molecule has 1 N–H and O–H groups in total. The first-order valence-electron chi connectivity index (χ1n) is 13.4. The summed E-state index contributed by atoms with van der Waals surface area (Å²) in [5.74, 6) is 0.474. The number of carbonyl (C=O) groups is 1. The van der Waals surface area contributed by atoms with Crippen LogP contribution in [0.4, 0.5) is 0 Å². The molecule has 1 aliphatic rings. The number of aryl methyl sites for hydroxylation is 1. The summed E-state index contributed by atoms with van der Waals surface area (Å²) in [5.41, 5.74) is 4.24. The van der Waals surface area contributed by atoms with Gasteiger partial charge in [-0.05, 0) is 56.6 Å². The van der Waals surface area contributed by atoms with Crippen LogP contribution >= 0.6 is 7.37 Å². The number of rotatable bonds is 14. The molecule has 4 rings (SSSR count). The van der Waals surface area contributed by atoms with Gasteiger partial charge in [0, 0.05) is 43.2 Å². The van der Waals surface area contributed by atoms with Crippen molar-refractivity contribution < 1.29 is 27.1 Å². The molecule has 0 radical (unpaired) electrons. The lowest BCUT2D eigenvalue weighted by molar-refractivity contribution is 0.0964. The molecular weight excluding hydrogens is 537 g/mol. The van der Waals surface area contributed by atoms with Gasteiger partial charge in [-0.3, -0.25) is 13.6 Å². The molecular formula is C28H37N3O6PS-. The standard InChI is InChI=1S/C28H38N3O6PS/c1-5-38(4,33)36-16-8-6-7-15-31(39(34)35)18-24-22(20-13-14-20)17-23-25(27(32)29-3)26(37-28(23)30-24)21-11-9-19(2)10-12-21/h9-12,17,20H,5-8,13-16,18H2,1-4H3,(H,29,32)(H,34,35)/p-1. The molecule has 212 valence electrons. The predicted molar refractivity (Wildman–Crippen MR) is 153 cm³/mol. The van der Waals surface area contributed by atoms with Crippen LogP contribution in [0, 0.1) is 6.92 Å². The van der Waals surface area contributed by atoms with Crippen molar-refractivity contribution in [2.75, 3.05) is 33.0 Å². The molecule has 0 aliphatic heterocycles. The van der Waals surface area contributed by atoms with Gasteiger partial charge in [0.1, 0.15) is 5.76 Å². The topological polar surface area (TPSA) is 125 Å². The SMILES string of the molecule is CCP(C)(=O)OCCCCCN(Cc1nc2oc(-c3ccc(C)cc3)c(C(=O)NC)c2cc1C1CC1)S(=O)[O-]. The van der Waals surface area contributed by atoms with E-state index < -0.39 is 18.6 Å². The molecule has 2 atom stereocenters. The number of hydrogen-bond acceptors (Lipinski definition) is 7. The second-order valence-corrected chi connectivity index (χ2v) is 14.1. The van der Waals surface area contributed by atoms with Gasteiger partial charge >= 0.3 is 0 Å². The zero-order chi connectivity index (χ0) is 28.2. The Balaban J connectivity index is 1.58. The van der Waals surface area contributed by atoms with E-state index in [-0.39, 0.29) is 18.4 Å². The van der Waals surface area contributed by atoms with Crippen LogP contribution in [0.2, 0.25) is 0 Å². The van der Waals surface area contributed by atoms with Crippen LogP contribution in [0.5, 0.6) is 0 Å². The highest BCUT2D eigenvalue weighted by Crippen LogP contribution is 2.44. The van der Waals surface area contributed by atoms with Crippen LogP contribution in [0.25, 0.3) is 22.4 Å². The van der Waals surface area contributed by atoms with Gasteiger partial charge in [-0.25, -0.2) is 9.29 Å². The van der Waals surface area contributed by atoms with Crippen molar-refractivity contribution in [2.45, 2.75) is 58.4 Å². The minimum atomic E-state index is -2.52. The van der Waals surface area contributed by atoms with E-state index in [1.165, 1.54) is 4.31 Å². The number of amides is 1. The van der Waals surface area contributed by atoms with E-state index in [1.807, 2.05) is 44.2 Å². The average molecular weight is 575 g/mol. The monoisotopic (exact) mass is 574 g/mol. The zero-order valence-electron chi connectivity index (χ0n) is 23.0. The molecule has 11 heteroatoms. The summed E-state index contributed by atoms with van der Waals surface area (Å²) >= 11 is -2.43. The van der Waals surface area contributed by atoms with Gasteiger partial charge in [-0.15, -0.1) is 0 Å². The number of carbonyl (C=O) groups excluding carboxylic acids is 1. The van der Waals surface area contributed by atoms with Crippen LogP contribution in [0.3, 0.4) is 0 Å². The highest BCUT2D eigenvalue weighted by molar-refractivity contribution is 7.76. The van der Waals surface area contributed by atoms with E-state index in [4.69, 9.17) is 13.9 Å². The average Bonchev–Trinajstić information content (AvgIpc) is 3.69. The van der Waals surface area contributed by atoms with Crippen molar-refractivity contribution in [3.63, 3.8) is 0 Å². The number of fused-ring (bicyclic) bond motifs is 1. The first-order chi connectivity index (χ1) is 18.6. The Morgan fingerprint density at radius 2 is 1.97 bits per heavy atom. The fraction of sp³-hybridized carbons (Fsp3) is 0.500. The number of aromatic nitrogens is 1. The van der Waals surface area contributed by atoms with Gasteiger partial charge in [0.15, 0.2) is 7.37 Å². The van der Waals surface area contributed by atoms with Gasteiger partial charge in [-0.2, -0.15) is 0 Å². The van der Waals surface area contributed by atoms with Crippen LogP contribution in [0.1, 0.15) is 72.1 Å². The molecule has 1 saturated carbocycles. The molecule has 1 aliphatic carbocycles. The minimum absolute atomic E-state index is 0.129. The molecule has 9 nitrogen and oxygen atoms in total. The minimum Gasteiger partial charge on any atom is -0.760 e. The third-order valence-corrected chi connectivity index (χ3v) is 9.72. The van der Waals surface area contributed by atoms with Gasteiger partial charge in [0.2, 0.25) is 5.71 Å². The number of nitrogens with zero attached hydrogens (tertiary/aromatic N) is 2. The van der Waals surface area contributed by atoms with Crippen molar-refractivity contribution in [1.82, 2.24) is 14.6 Å². The van der Waals surface area contributed by atoms with Crippen LogP contribution in [0.15, 0.2) is 34.7 Å². The van der Waals surface area contributed by atoms with Crippen molar-refractivity contribution >= 4 is 35.6 Å². The maximum atomic E-state index is 13.0. The molecule has 1 aromatic carbocycles. The highest BCUT2D eigenvalue weighted by atomic mass is 32.2. The molecule has 0 saturated heterocycles. The van der Waals surface area contributed by atoms with Gasteiger partial charge in [0.05, 0.1) is 29.8 Å². The van der Waals surface area contributed by atoms with E-state index in [2.05, 4.69) is 5.32 Å². The number of benzene rings is 1. The Bertz CT molecular complexity index is 1390. The molecule has 1 fully saturated rings. The lowest BCUT2D eigenvalue weighted by atomic mass is 10.0. The maximum Gasteiger partial charge on any atom is 0.255 e. The maximum absolute atomic E-state index is 13.0. The summed E-state index contributed by atoms with van der Waals surface area (Å²) in [6.45, 7) is 6.35. The first-order valence-corrected chi connectivity index (χ1v) is 16.7. The molecule has 1 amide bonds. The van der Waals surface area contributed by atoms with Gasteiger partial charge in [0.25, 0.3) is 5.91 Å². The number of nitrogens with one attached hydrogen (secondary N) is 1. The smallest absolute Gasteiger partial charge is 0.255 e. The lowest BCUT2D eigenvalue weighted by Crippen LogP contribution is -2.27. The Morgan fingerprint density at radius 1 is 1.26 bits per heavy atom. The number of pyridine rings is 1. The largest absolute Gasteiger partial charge is 0.760 e. The summed E-state index contributed by atoms with van der Waals surface area (Å²) in [6.07, 6.45) is 4.62. The summed E-state index contributed by atoms with van der Waals surface area (Å²) in [6, 6.07) is 9.71. The first kappa shape index (κ1) is 29.6. The Hall–Kier alpha value is -2.36. The van der Waals surface area contributed by atoms with E-state index in [0.717, 1.165) is 36.0 Å². The van der Waals surface area contributed by atoms with Crippen molar-refractivity contribution in [1.29, 1.82) is 0 Å². The zero-order valence-corrected chi connectivity index (χ0v) is 24.7. The van der Waals surface area contributed by atoms with Gasteiger partial charge < -0.3 is 18.8 Å². The summed E-state index contributed by atoms with van der Waals surface area (Å²) < 4.78 is 49.3. The molecule has 0 bridgehead atoms. The Kier molecular flexibility index (Phi) is 9.78. The highest BCUT2D eigenvalue weighted by Gasteiger charge is 2.31. The van der Waals surface area contributed by atoms with Crippen LogP contribution < -0.4 is 5.32 Å². The van der Waals surface area contributed by atoms with E-state index in [1.54, 1.807) is 13.7 Å². The van der Waals surface area contributed by atoms with Crippen LogP contribution in [-0.4, -0.2) is 57.0 Å². The summed E-state index contributed by atoms with van der Waals surface area (Å²) in [5, 5.41) is 3.35. The molecule has 39 heavy (non-hydrogen) atoms. The Morgan fingerprint density at radius 3 is 2.59 bits per heavy atom. The predicted octanol–water partition coefficient (Wildman–Crippen LogP) is 5.75. The van der Waals surface area contributed by atoms with E-state index >= 15 is 0 Å². The summed E-state index contributed by atoms with van der Waals surface area (Å²) in [4.78, 5) is 17.7. The third-order valence-electron chi connectivity index (χ3n) is 7.11. The fourth-order valence-corrected chi connectivity index (χ4v) is 5.70. The lowest BCUT2D eigenvalue weighted by Gasteiger charge is -2.25. The molecule has 2 heterocycles. The fourth-order valence-electron chi connectivity index (χ4n) is 4.50. The van der Waals surface area contributed by atoms with E-state index in [9.17, 15) is 18.1 Å². The quantitative estimate of drug-likeness (QED) is 0.148. The summed E-state index contributed by atoms with van der Waals surface area (Å²) in [7, 11) is -0.930. The number of unbranched alkanes of at least 4 members (excludes halogenated alkanes) is 2.